The molecule has 1 aliphatic rings. The molecule has 0 unspecified atom stereocenters. The van der Waals surface area contributed by atoms with Crippen LogP contribution in [-0.4, -0.2) is 18.7 Å². The van der Waals surface area contributed by atoms with Crippen molar-refractivity contribution in [2.75, 3.05) is 7.11 Å². The Hall–Kier alpha value is -2.16. The lowest BCUT2D eigenvalue weighted by Crippen LogP contribution is -2.12. The van der Waals surface area contributed by atoms with Crippen LogP contribution in [0.1, 0.15) is 25.7 Å². The fraction of sp³-hybridized carbons (Fsp3) is 0.294. The molecule has 2 aromatic carbocycles. The Labute approximate surface area is 118 Å². The molecule has 0 N–H and O–H groups in total. The quantitative estimate of drug-likeness (QED) is 0.796. The molecular weight excluding hydrogens is 252 g/mol. The Kier molecular flexibility index (Phi) is 4.88. The van der Waals surface area contributed by atoms with Crippen LogP contribution in [0.4, 0.5) is 0 Å². The molecule has 3 nitrogen and oxygen atoms in total. The van der Waals surface area contributed by atoms with Gasteiger partial charge < -0.3 is 4.74 Å². The lowest BCUT2D eigenvalue weighted by molar-refractivity contribution is -0.128. The SMILES string of the molecule is COc1cccc2ccccc12.O=C1CCC(=O)CC1. The van der Waals surface area contributed by atoms with Crippen LogP contribution in [0.25, 0.3) is 10.8 Å². The summed E-state index contributed by atoms with van der Waals surface area (Å²) in [7, 11) is 1.70. The second-order valence-corrected chi connectivity index (χ2v) is 4.76. The number of hydrogen-bond donors (Lipinski definition) is 0. The Bertz CT molecular complexity index is 583. The minimum absolute atomic E-state index is 0.240. The van der Waals surface area contributed by atoms with E-state index in [4.69, 9.17) is 4.74 Å². The average molecular weight is 270 g/mol. The third-order valence-electron chi connectivity index (χ3n) is 3.33. The van der Waals surface area contributed by atoms with Gasteiger partial charge in [0.05, 0.1) is 7.11 Å². The maximum absolute atomic E-state index is 10.5. The fourth-order valence-electron chi connectivity index (χ4n) is 2.18. The highest BCUT2D eigenvalue weighted by Crippen LogP contribution is 2.24. The third-order valence-corrected chi connectivity index (χ3v) is 3.33. The summed E-state index contributed by atoms with van der Waals surface area (Å²) >= 11 is 0. The number of hydrogen-bond acceptors (Lipinski definition) is 3. The van der Waals surface area contributed by atoms with Crippen LogP contribution >= 0.6 is 0 Å². The second-order valence-electron chi connectivity index (χ2n) is 4.76. The van der Waals surface area contributed by atoms with Crippen LogP contribution in [0.3, 0.4) is 0 Å². The molecule has 0 heterocycles. The zero-order valence-electron chi connectivity index (χ0n) is 11.6. The van der Waals surface area contributed by atoms with Crippen LogP contribution in [-0.2, 0) is 9.59 Å². The molecule has 1 saturated carbocycles. The van der Waals surface area contributed by atoms with Crippen molar-refractivity contribution in [3.63, 3.8) is 0 Å². The average Bonchev–Trinajstić information content (AvgIpc) is 2.50. The van der Waals surface area contributed by atoms with Crippen molar-refractivity contribution >= 4 is 22.3 Å². The van der Waals surface area contributed by atoms with E-state index in [1.807, 2.05) is 24.3 Å². The first kappa shape index (κ1) is 14.3. The first-order valence-corrected chi connectivity index (χ1v) is 6.76. The zero-order chi connectivity index (χ0) is 14.4. The van der Waals surface area contributed by atoms with Gasteiger partial charge in [-0.1, -0.05) is 36.4 Å². The maximum Gasteiger partial charge on any atom is 0.133 e. The fourth-order valence-corrected chi connectivity index (χ4v) is 2.18. The molecule has 2 aromatic rings. The molecule has 0 amide bonds. The highest BCUT2D eigenvalue weighted by Gasteiger charge is 2.13. The topological polar surface area (TPSA) is 43.4 Å². The normalized spacial score (nSPS) is 14.7. The molecule has 0 aliphatic heterocycles. The molecule has 0 atom stereocenters. The molecular formula is C17H18O3. The first-order valence-electron chi connectivity index (χ1n) is 6.76. The van der Waals surface area contributed by atoms with E-state index in [2.05, 4.69) is 18.2 Å². The third kappa shape index (κ3) is 3.67. The van der Waals surface area contributed by atoms with Crippen molar-refractivity contribution in [3.05, 3.63) is 42.5 Å². The van der Waals surface area contributed by atoms with E-state index in [-0.39, 0.29) is 11.6 Å². The predicted molar refractivity (Wildman–Crippen MR) is 79.0 cm³/mol. The largest absolute Gasteiger partial charge is 0.496 e. The second kappa shape index (κ2) is 6.85. The van der Waals surface area contributed by atoms with E-state index in [9.17, 15) is 9.59 Å². The lowest BCUT2D eigenvalue weighted by atomic mass is 9.98. The maximum atomic E-state index is 10.5. The number of carbonyl (C=O) groups is 2. The van der Waals surface area contributed by atoms with Crippen LogP contribution in [0, 0.1) is 0 Å². The Balaban J connectivity index is 0.000000160. The minimum atomic E-state index is 0.240. The molecule has 104 valence electrons. The number of ether oxygens (including phenoxy) is 1. The molecule has 1 fully saturated rings. The predicted octanol–water partition coefficient (Wildman–Crippen LogP) is 3.55. The smallest absolute Gasteiger partial charge is 0.133 e. The van der Waals surface area contributed by atoms with Gasteiger partial charge in [-0.05, 0) is 11.5 Å². The van der Waals surface area contributed by atoms with Gasteiger partial charge in [-0.2, -0.15) is 0 Å². The van der Waals surface area contributed by atoms with Gasteiger partial charge in [0.25, 0.3) is 0 Å². The Morgan fingerprint density at radius 1 is 0.800 bits per heavy atom. The molecule has 0 radical (unpaired) electrons. The summed E-state index contributed by atoms with van der Waals surface area (Å²) in [5.74, 6) is 1.42. The van der Waals surface area contributed by atoms with Crippen molar-refractivity contribution in [2.24, 2.45) is 0 Å². The van der Waals surface area contributed by atoms with Gasteiger partial charge in [0.1, 0.15) is 17.3 Å². The van der Waals surface area contributed by atoms with Gasteiger partial charge in [-0.25, -0.2) is 0 Å². The summed E-state index contributed by atoms with van der Waals surface area (Å²) in [6.07, 6.45) is 1.94. The standard InChI is InChI=1S/C11H10O.C6H8O2/c1-12-11-8-4-6-9-5-2-3-7-10(9)11;7-5-1-2-6(8)4-3-5/h2-8H,1H3;1-4H2. The molecule has 0 bridgehead atoms. The number of benzene rings is 2. The monoisotopic (exact) mass is 270 g/mol. The van der Waals surface area contributed by atoms with E-state index >= 15 is 0 Å². The molecule has 3 heteroatoms. The highest BCUT2D eigenvalue weighted by atomic mass is 16.5. The lowest BCUT2D eigenvalue weighted by Gasteiger charge is -2.04. The molecule has 20 heavy (non-hydrogen) atoms. The Morgan fingerprint density at radius 3 is 1.95 bits per heavy atom. The number of fused-ring (bicyclic) bond motifs is 1. The number of ketones is 2. The first-order chi connectivity index (χ1) is 9.70. The molecule has 3 rings (SSSR count). The van der Waals surface area contributed by atoms with Crippen LogP contribution in [0.15, 0.2) is 42.5 Å². The van der Waals surface area contributed by atoms with Crippen molar-refractivity contribution < 1.29 is 14.3 Å². The van der Waals surface area contributed by atoms with Crippen LogP contribution < -0.4 is 4.74 Å². The van der Waals surface area contributed by atoms with Crippen LogP contribution in [0.5, 0.6) is 5.75 Å². The van der Waals surface area contributed by atoms with Crippen molar-refractivity contribution in [2.45, 2.75) is 25.7 Å². The van der Waals surface area contributed by atoms with E-state index < -0.39 is 0 Å². The summed E-state index contributed by atoms with van der Waals surface area (Å²) < 4.78 is 5.23. The van der Waals surface area contributed by atoms with Crippen molar-refractivity contribution in [1.29, 1.82) is 0 Å². The molecule has 0 aromatic heterocycles. The minimum Gasteiger partial charge on any atom is -0.496 e. The highest BCUT2D eigenvalue weighted by molar-refractivity contribution is 5.92. The molecule has 0 spiro atoms. The molecule has 0 saturated heterocycles. The van der Waals surface area contributed by atoms with Crippen molar-refractivity contribution in [3.8, 4) is 5.75 Å². The number of rotatable bonds is 1. The van der Waals surface area contributed by atoms with Gasteiger partial charge in [-0.3, -0.25) is 9.59 Å². The summed E-state index contributed by atoms with van der Waals surface area (Å²) in [5.41, 5.74) is 0. The van der Waals surface area contributed by atoms with E-state index in [0.29, 0.717) is 25.7 Å². The van der Waals surface area contributed by atoms with Gasteiger partial charge in [0, 0.05) is 31.1 Å². The van der Waals surface area contributed by atoms with Gasteiger partial charge in [0.2, 0.25) is 0 Å². The van der Waals surface area contributed by atoms with Gasteiger partial charge in [-0.15, -0.1) is 0 Å². The van der Waals surface area contributed by atoms with E-state index in [1.165, 1.54) is 10.8 Å². The summed E-state index contributed by atoms with van der Waals surface area (Å²) in [5, 5.41) is 2.39. The molecule has 1 aliphatic carbocycles. The summed E-state index contributed by atoms with van der Waals surface area (Å²) in [4.78, 5) is 20.9. The zero-order valence-corrected chi connectivity index (χ0v) is 11.6. The van der Waals surface area contributed by atoms with Gasteiger partial charge >= 0.3 is 0 Å². The van der Waals surface area contributed by atoms with E-state index in [0.717, 1.165) is 5.75 Å². The summed E-state index contributed by atoms with van der Waals surface area (Å²) in [6, 6.07) is 14.2. The Morgan fingerprint density at radius 2 is 1.35 bits per heavy atom. The number of methoxy groups -OCH3 is 1. The van der Waals surface area contributed by atoms with Gasteiger partial charge in [0.15, 0.2) is 0 Å². The summed E-state index contributed by atoms with van der Waals surface area (Å²) in [6.45, 7) is 0. The number of carbonyl (C=O) groups excluding carboxylic acids is 2. The number of Topliss-reactive ketones (excluding diaryl/α,β-unsaturated/α-hetero) is 2. The van der Waals surface area contributed by atoms with Crippen LogP contribution in [0.2, 0.25) is 0 Å². The van der Waals surface area contributed by atoms with E-state index in [1.54, 1.807) is 7.11 Å². The van der Waals surface area contributed by atoms with Crippen molar-refractivity contribution in [1.82, 2.24) is 0 Å².